The number of hydrogen-bond donors (Lipinski definition) is 2. The number of carbonyl (C=O) groups is 2. The Morgan fingerprint density at radius 1 is 1.24 bits per heavy atom. The van der Waals surface area contributed by atoms with Crippen molar-refractivity contribution in [3.63, 3.8) is 0 Å². The summed E-state index contributed by atoms with van der Waals surface area (Å²) < 4.78 is 0. The van der Waals surface area contributed by atoms with Gasteiger partial charge in [0.15, 0.2) is 0 Å². The second-order valence-electron chi connectivity index (χ2n) is 7.43. The van der Waals surface area contributed by atoms with E-state index in [-0.39, 0.29) is 17.9 Å². The monoisotopic (exact) mass is 391 g/mol. The maximum Gasteiger partial charge on any atom is 0.272 e. The molecular weight excluding hydrogens is 366 g/mol. The van der Waals surface area contributed by atoms with Gasteiger partial charge in [-0.3, -0.25) is 19.7 Å². The first kappa shape index (κ1) is 19.1. The normalized spacial score (nSPS) is 16.7. The van der Waals surface area contributed by atoms with E-state index in [1.54, 1.807) is 18.5 Å². The van der Waals surface area contributed by atoms with Crippen molar-refractivity contribution < 1.29 is 9.59 Å². The maximum absolute atomic E-state index is 13.1. The Kier molecular flexibility index (Phi) is 5.55. The van der Waals surface area contributed by atoms with E-state index in [4.69, 9.17) is 0 Å². The lowest BCUT2D eigenvalue weighted by Crippen LogP contribution is -2.49. The number of fused-ring (bicyclic) bond motifs is 1. The van der Waals surface area contributed by atoms with Crippen LogP contribution < -0.4 is 5.32 Å². The van der Waals surface area contributed by atoms with Gasteiger partial charge in [-0.15, -0.1) is 0 Å². The number of nitrogens with zero attached hydrogens (tertiary/aromatic N) is 3. The van der Waals surface area contributed by atoms with Gasteiger partial charge in [0.1, 0.15) is 5.69 Å². The molecule has 3 heterocycles. The van der Waals surface area contributed by atoms with Gasteiger partial charge >= 0.3 is 0 Å². The third-order valence-corrected chi connectivity index (χ3v) is 5.54. The van der Waals surface area contributed by atoms with Crippen LogP contribution in [0.15, 0.2) is 42.7 Å². The molecule has 7 heteroatoms. The van der Waals surface area contributed by atoms with E-state index in [1.165, 1.54) is 0 Å². The minimum Gasteiger partial charge on any atom is -0.350 e. The molecular formula is C22H25N5O2. The second kappa shape index (κ2) is 8.43. The van der Waals surface area contributed by atoms with Crippen molar-refractivity contribution in [2.24, 2.45) is 0 Å². The number of pyridine rings is 1. The summed E-state index contributed by atoms with van der Waals surface area (Å²) in [6.45, 7) is 3.18. The van der Waals surface area contributed by atoms with Gasteiger partial charge in [0.2, 0.25) is 0 Å². The molecule has 2 amide bonds. The average molecular weight is 391 g/mol. The highest BCUT2D eigenvalue weighted by Gasteiger charge is 2.28. The van der Waals surface area contributed by atoms with Crippen LogP contribution in [0.3, 0.4) is 0 Å². The molecule has 3 aromatic rings. The number of aryl methyl sites for hydroxylation is 1. The van der Waals surface area contributed by atoms with E-state index >= 15 is 0 Å². The zero-order chi connectivity index (χ0) is 20.2. The van der Waals surface area contributed by atoms with Gasteiger partial charge in [0, 0.05) is 36.3 Å². The molecule has 150 valence electrons. The van der Waals surface area contributed by atoms with Crippen molar-refractivity contribution in [3.8, 4) is 0 Å². The second-order valence-corrected chi connectivity index (χ2v) is 7.43. The highest BCUT2D eigenvalue weighted by atomic mass is 16.2. The van der Waals surface area contributed by atoms with Crippen molar-refractivity contribution >= 4 is 22.7 Å². The Labute approximate surface area is 169 Å². The summed E-state index contributed by atoms with van der Waals surface area (Å²) >= 11 is 0. The van der Waals surface area contributed by atoms with Gasteiger partial charge < -0.3 is 10.2 Å². The largest absolute Gasteiger partial charge is 0.350 e. The number of carbonyl (C=O) groups excluding carboxylic acids is 2. The zero-order valence-corrected chi connectivity index (χ0v) is 16.5. The lowest BCUT2D eigenvalue weighted by Gasteiger charge is -2.35. The van der Waals surface area contributed by atoms with Gasteiger partial charge in [-0.1, -0.05) is 6.92 Å². The molecule has 0 bridgehead atoms. The maximum atomic E-state index is 13.1. The quantitative estimate of drug-likeness (QED) is 0.700. The lowest BCUT2D eigenvalue weighted by molar-refractivity contribution is 0.0596. The molecule has 2 N–H and O–H groups in total. The molecule has 1 unspecified atom stereocenters. The molecule has 0 saturated carbocycles. The van der Waals surface area contributed by atoms with Gasteiger partial charge in [-0.05, 0) is 61.6 Å². The molecule has 1 aliphatic heterocycles. The molecule has 4 rings (SSSR count). The van der Waals surface area contributed by atoms with Crippen LogP contribution in [0.1, 0.15) is 52.6 Å². The Morgan fingerprint density at radius 2 is 2.14 bits per heavy atom. The topological polar surface area (TPSA) is 91.0 Å². The summed E-state index contributed by atoms with van der Waals surface area (Å²) in [5.74, 6) is -0.198. The van der Waals surface area contributed by atoms with Crippen LogP contribution in [0.25, 0.3) is 10.9 Å². The molecule has 1 atom stereocenters. The first-order valence-electron chi connectivity index (χ1n) is 10.1. The summed E-state index contributed by atoms with van der Waals surface area (Å²) in [5.41, 5.74) is 3.06. The van der Waals surface area contributed by atoms with Gasteiger partial charge in [-0.2, -0.15) is 5.10 Å². The Hall–Kier alpha value is -3.22. The average Bonchev–Trinajstić information content (AvgIpc) is 3.25. The fraction of sp³-hybridized carbons (Fsp3) is 0.364. The number of piperidine rings is 1. The third kappa shape index (κ3) is 4.13. The minimum absolute atomic E-state index is 0.0232. The van der Waals surface area contributed by atoms with Crippen LogP contribution in [0.4, 0.5) is 0 Å². The van der Waals surface area contributed by atoms with Crippen LogP contribution in [0, 0.1) is 0 Å². The Balaban J connectivity index is 1.44. The van der Waals surface area contributed by atoms with Gasteiger partial charge in [0.25, 0.3) is 11.8 Å². The molecule has 0 aliphatic carbocycles. The van der Waals surface area contributed by atoms with E-state index < -0.39 is 0 Å². The number of amides is 2. The number of hydrogen-bond acceptors (Lipinski definition) is 4. The van der Waals surface area contributed by atoms with Crippen LogP contribution in [-0.4, -0.2) is 51.0 Å². The van der Waals surface area contributed by atoms with E-state index in [0.717, 1.165) is 42.1 Å². The van der Waals surface area contributed by atoms with Crippen LogP contribution in [0.5, 0.6) is 0 Å². The molecule has 1 fully saturated rings. The number of benzene rings is 1. The van der Waals surface area contributed by atoms with Crippen LogP contribution in [-0.2, 0) is 6.42 Å². The number of nitrogens with one attached hydrogen (secondary N) is 2. The summed E-state index contributed by atoms with van der Waals surface area (Å²) in [7, 11) is 0. The fourth-order valence-corrected chi connectivity index (χ4v) is 3.83. The van der Waals surface area contributed by atoms with E-state index in [2.05, 4.69) is 27.4 Å². The van der Waals surface area contributed by atoms with Crippen molar-refractivity contribution in [1.29, 1.82) is 0 Å². The highest BCUT2D eigenvalue weighted by Crippen LogP contribution is 2.20. The van der Waals surface area contributed by atoms with Crippen molar-refractivity contribution in [1.82, 2.24) is 25.4 Å². The standard InChI is InChI=1S/C22H25N5O2/c1-2-15-8-9-23-20(11-15)22(29)27-10-4-3-5-18(27)14-24-21(28)16-6-7-19-17(12-16)13-25-26-19/h6-9,11-13,18H,2-5,10,14H2,1H3,(H,24,28)(H,25,26). The van der Waals surface area contributed by atoms with Crippen LogP contribution >= 0.6 is 0 Å². The molecule has 0 radical (unpaired) electrons. The Bertz CT molecular complexity index is 1030. The summed E-state index contributed by atoms with van der Waals surface area (Å²) in [4.78, 5) is 31.8. The summed E-state index contributed by atoms with van der Waals surface area (Å²) in [6, 6.07) is 9.22. The predicted octanol–water partition coefficient (Wildman–Crippen LogP) is 2.95. The number of H-pyrrole nitrogens is 1. The van der Waals surface area contributed by atoms with E-state index in [0.29, 0.717) is 24.3 Å². The molecule has 1 aromatic carbocycles. The number of aromatic amines is 1. The SMILES string of the molecule is CCc1ccnc(C(=O)N2CCCCC2CNC(=O)c2ccc3[nH]ncc3c2)c1. The van der Waals surface area contributed by atoms with E-state index in [9.17, 15) is 9.59 Å². The predicted molar refractivity (Wildman–Crippen MR) is 111 cm³/mol. The smallest absolute Gasteiger partial charge is 0.272 e. The summed E-state index contributed by atoms with van der Waals surface area (Å²) in [6.07, 6.45) is 7.15. The first-order valence-corrected chi connectivity index (χ1v) is 10.1. The molecule has 2 aromatic heterocycles. The molecule has 0 spiro atoms. The molecule has 1 aliphatic rings. The summed E-state index contributed by atoms with van der Waals surface area (Å²) in [5, 5.41) is 10.8. The highest BCUT2D eigenvalue weighted by molar-refractivity contribution is 5.98. The fourth-order valence-electron chi connectivity index (χ4n) is 3.83. The van der Waals surface area contributed by atoms with Gasteiger partial charge in [0.05, 0.1) is 11.7 Å². The van der Waals surface area contributed by atoms with Gasteiger partial charge in [-0.25, -0.2) is 0 Å². The van der Waals surface area contributed by atoms with Crippen LogP contribution in [0.2, 0.25) is 0 Å². The third-order valence-electron chi connectivity index (χ3n) is 5.54. The Morgan fingerprint density at radius 3 is 3.00 bits per heavy atom. The van der Waals surface area contributed by atoms with Crippen molar-refractivity contribution in [2.75, 3.05) is 13.1 Å². The zero-order valence-electron chi connectivity index (χ0n) is 16.5. The first-order chi connectivity index (χ1) is 14.2. The van der Waals surface area contributed by atoms with Crippen molar-refractivity contribution in [3.05, 3.63) is 59.5 Å². The van der Waals surface area contributed by atoms with Crippen molar-refractivity contribution in [2.45, 2.75) is 38.6 Å². The lowest BCUT2D eigenvalue weighted by atomic mass is 10.0. The number of likely N-dealkylation sites (tertiary alicyclic amines) is 1. The molecule has 1 saturated heterocycles. The molecule has 29 heavy (non-hydrogen) atoms. The number of rotatable bonds is 5. The van der Waals surface area contributed by atoms with E-state index in [1.807, 2.05) is 29.2 Å². The number of aromatic nitrogens is 3. The molecule has 7 nitrogen and oxygen atoms in total. The minimum atomic E-state index is -0.142.